The van der Waals surface area contributed by atoms with Crippen LogP contribution in [0, 0.1) is 0 Å². The lowest BCUT2D eigenvalue weighted by molar-refractivity contribution is 0.300. The third-order valence-corrected chi connectivity index (χ3v) is 3.05. The molecule has 0 aromatic heterocycles. The first-order valence-electron chi connectivity index (χ1n) is 6.03. The van der Waals surface area contributed by atoms with Crippen molar-refractivity contribution in [1.29, 1.82) is 0 Å². The van der Waals surface area contributed by atoms with Gasteiger partial charge in [-0.25, -0.2) is 0 Å². The van der Waals surface area contributed by atoms with Crippen molar-refractivity contribution in [3.8, 4) is 0 Å². The second-order valence-corrected chi connectivity index (χ2v) is 4.02. The third kappa shape index (κ3) is 4.40. The van der Waals surface area contributed by atoms with Gasteiger partial charge in [0, 0.05) is 25.7 Å². The molecule has 0 bridgehead atoms. The summed E-state index contributed by atoms with van der Waals surface area (Å²) < 4.78 is 0. The van der Waals surface area contributed by atoms with Gasteiger partial charge in [0.2, 0.25) is 0 Å². The fourth-order valence-electron chi connectivity index (χ4n) is 1.98. The van der Waals surface area contributed by atoms with Crippen molar-refractivity contribution in [2.24, 2.45) is 0 Å². The minimum atomic E-state index is 0.728. The Bertz CT molecular complexity index is 124. The van der Waals surface area contributed by atoms with E-state index in [4.69, 9.17) is 0 Å². The second-order valence-electron chi connectivity index (χ2n) is 4.02. The minimum absolute atomic E-state index is 0.728. The fraction of sp³-hybridized carbons (Fsp3) is 1.00. The molecule has 0 amide bonds. The van der Waals surface area contributed by atoms with Gasteiger partial charge in [-0.1, -0.05) is 13.8 Å². The summed E-state index contributed by atoms with van der Waals surface area (Å²) in [5.41, 5.74) is 0. The van der Waals surface area contributed by atoms with E-state index in [0.717, 1.165) is 19.1 Å². The molecule has 14 heavy (non-hydrogen) atoms. The number of nitrogens with one attached hydrogen (secondary N) is 2. The smallest absolute Gasteiger partial charge is 0.0192 e. The summed E-state index contributed by atoms with van der Waals surface area (Å²) in [7, 11) is 0. The van der Waals surface area contributed by atoms with Crippen LogP contribution in [-0.2, 0) is 0 Å². The number of hydrogen-bond acceptors (Lipinski definition) is 3. The van der Waals surface area contributed by atoms with Crippen LogP contribution in [0.2, 0.25) is 0 Å². The number of rotatable bonds is 7. The summed E-state index contributed by atoms with van der Waals surface area (Å²) in [6.07, 6.45) is 2.70. The molecule has 1 aliphatic rings. The van der Waals surface area contributed by atoms with Crippen LogP contribution in [0.3, 0.4) is 0 Å². The topological polar surface area (TPSA) is 27.3 Å². The fourth-order valence-corrected chi connectivity index (χ4v) is 1.98. The summed E-state index contributed by atoms with van der Waals surface area (Å²) in [5.74, 6) is 0. The Labute approximate surface area is 88.2 Å². The van der Waals surface area contributed by atoms with Crippen molar-refractivity contribution in [2.45, 2.75) is 32.7 Å². The Morgan fingerprint density at radius 2 is 2.14 bits per heavy atom. The Kier molecular flexibility index (Phi) is 6.15. The molecule has 1 heterocycles. The first kappa shape index (κ1) is 12.0. The van der Waals surface area contributed by atoms with Gasteiger partial charge in [-0.15, -0.1) is 0 Å². The van der Waals surface area contributed by atoms with Crippen molar-refractivity contribution in [2.75, 3.05) is 39.3 Å². The van der Waals surface area contributed by atoms with Crippen molar-refractivity contribution in [3.63, 3.8) is 0 Å². The average molecular weight is 199 g/mol. The van der Waals surface area contributed by atoms with E-state index in [9.17, 15) is 0 Å². The summed E-state index contributed by atoms with van der Waals surface area (Å²) in [6, 6.07) is 0.728. The third-order valence-electron chi connectivity index (χ3n) is 3.05. The largest absolute Gasteiger partial charge is 0.314 e. The van der Waals surface area contributed by atoms with E-state index in [1.165, 1.54) is 39.0 Å². The highest BCUT2D eigenvalue weighted by atomic mass is 15.1. The molecule has 0 aromatic carbocycles. The maximum Gasteiger partial charge on any atom is 0.0192 e. The van der Waals surface area contributed by atoms with E-state index in [-0.39, 0.29) is 0 Å². The highest BCUT2D eigenvalue weighted by Crippen LogP contribution is 2.02. The van der Waals surface area contributed by atoms with Crippen molar-refractivity contribution < 1.29 is 0 Å². The number of nitrogens with zero attached hydrogens (tertiary/aromatic N) is 1. The predicted molar refractivity (Wildman–Crippen MR) is 61.7 cm³/mol. The highest BCUT2D eigenvalue weighted by molar-refractivity contribution is 4.76. The standard InChI is InChI=1S/C11H25N3/c1-3-14(4-2)9-8-12-10-11-6-5-7-13-11/h11-13H,3-10H2,1-2H3/t11-/m0/s1. The van der Waals surface area contributed by atoms with Crippen molar-refractivity contribution in [1.82, 2.24) is 15.5 Å². The van der Waals surface area contributed by atoms with Crippen LogP contribution in [0.1, 0.15) is 26.7 Å². The van der Waals surface area contributed by atoms with E-state index in [1.54, 1.807) is 0 Å². The Morgan fingerprint density at radius 1 is 1.36 bits per heavy atom. The van der Waals surface area contributed by atoms with Gasteiger partial charge in [-0.3, -0.25) is 0 Å². The molecule has 3 nitrogen and oxygen atoms in total. The monoisotopic (exact) mass is 199 g/mol. The van der Waals surface area contributed by atoms with Crippen LogP contribution in [0.5, 0.6) is 0 Å². The quantitative estimate of drug-likeness (QED) is 0.590. The van der Waals surface area contributed by atoms with E-state index in [2.05, 4.69) is 29.4 Å². The molecular formula is C11H25N3. The lowest BCUT2D eigenvalue weighted by Gasteiger charge is -2.19. The van der Waals surface area contributed by atoms with Gasteiger partial charge in [0.1, 0.15) is 0 Å². The zero-order valence-electron chi connectivity index (χ0n) is 9.68. The molecule has 1 fully saturated rings. The summed E-state index contributed by atoms with van der Waals surface area (Å²) in [6.45, 7) is 11.4. The van der Waals surface area contributed by atoms with Crippen molar-refractivity contribution in [3.05, 3.63) is 0 Å². The van der Waals surface area contributed by atoms with Crippen LogP contribution in [0.15, 0.2) is 0 Å². The molecule has 0 spiro atoms. The zero-order valence-corrected chi connectivity index (χ0v) is 9.68. The Balaban J connectivity index is 1.92. The SMILES string of the molecule is CCN(CC)CCNC[C@@H]1CCCN1. The highest BCUT2D eigenvalue weighted by Gasteiger charge is 2.12. The molecular weight excluding hydrogens is 174 g/mol. The molecule has 1 aliphatic heterocycles. The molecule has 0 radical (unpaired) electrons. The minimum Gasteiger partial charge on any atom is -0.314 e. The van der Waals surface area contributed by atoms with Gasteiger partial charge in [-0.2, -0.15) is 0 Å². The second kappa shape index (κ2) is 7.21. The summed E-state index contributed by atoms with van der Waals surface area (Å²) >= 11 is 0. The Morgan fingerprint density at radius 3 is 2.71 bits per heavy atom. The van der Waals surface area contributed by atoms with Gasteiger partial charge in [0.25, 0.3) is 0 Å². The predicted octanol–water partition coefficient (Wildman–Crippen LogP) is 0.670. The number of likely N-dealkylation sites (N-methyl/N-ethyl adjacent to an activating group) is 1. The van der Waals surface area contributed by atoms with Crippen LogP contribution in [0.25, 0.3) is 0 Å². The van der Waals surface area contributed by atoms with Crippen molar-refractivity contribution >= 4 is 0 Å². The summed E-state index contributed by atoms with van der Waals surface area (Å²) in [5, 5.41) is 7.02. The Hall–Kier alpha value is -0.120. The van der Waals surface area contributed by atoms with Gasteiger partial charge in [0.15, 0.2) is 0 Å². The molecule has 0 unspecified atom stereocenters. The van der Waals surface area contributed by atoms with Gasteiger partial charge in [-0.05, 0) is 32.5 Å². The molecule has 1 saturated heterocycles. The van der Waals surface area contributed by atoms with Crippen LogP contribution < -0.4 is 10.6 Å². The molecule has 0 saturated carbocycles. The average Bonchev–Trinajstić information content (AvgIpc) is 2.71. The van der Waals surface area contributed by atoms with Crippen LogP contribution in [-0.4, -0.2) is 50.2 Å². The molecule has 3 heteroatoms. The number of hydrogen-bond donors (Lipinski definition) is 2. The van der Waals surface area contributed by atoms with E-state index >= 15 is 0 Å². The lowest BCUT2D eigenvalue weighted by Crippen LogP contribution is -2.38. The first-order chi connectivity index (χ1) is 6.86. The van der Waals surface area contributed by atoms with E-state index in [1.807, 2.05) is 0 Å². The maximum atomic E-state index is 3.52. The van der Waals surface area contributed by atoms with Gasteiger partial charge < -0.3 is 15.5 Å². The van der Waals surface area contributed by atoms with E-state index < -0.39 is 0 Å². The zero-order chi connectivity index (χ0) is 10.2. The molecule has 0 aromatic rings. The lowest BCUT2D eigenvalue weighted by atomic mass is 10.2. The van der Waals surface area contributed by atoms with Crippen LogP contribution >= 0.6 is 0 Å². The first-order valence-corrected chi connectivity index (χ1v) is 6.03. The molecule has 84 valence electrons. The summed E-state index contributed by atoms with van der Waals surface area (Å²) in [4.78, 5) is 2.45. The normalized spacial score (nSPS) is 22.1. The van der Waals surface area contributed by atoms with Crippen LogP contribution in [0.4, 0.5) is 0 Å². The maximum absolute atomic E-state index is 3.52. The molecule has 1 atom stereocenters. The molecule has 0 aliphatic carbocycles. The van der Waals surface area contributed by atoms with Gasteiger partial charge in [0.05, 0.1) is 0 Å². The van der Waals surface area contributed by atoms with Gasteiger partial charge >= 0.3 is 0 Å². The molecule has 2 N–H and O–H groups in total. The van der Waals surface area contributed by atoms with E-state index in [0.29, 0.717) is 0 Å². The molecule has 1 rings (SSSR count).